The first-order chi connectivity index (χ1) is 17.3. The molecule has 0 fully saturated rings. The van der Waals surface area contributed by atoms with Gasteiger partial charge in [0.15, 0.2) is 22.9 Å². The fourth-order valence-corrected chi connectivity index (χ4v) is 4.60. The number of carboxylic acid groups (broad SMARTS) is 1. The highest BCUT2D eigenvalue weighted by atomic mass is 16.5. The van der Waals surface area contributed by atoms with E-state index in [9.17, 15) is 19.5 Å². The number of Topliss-reactive ketones (excluding diaryl/α,β-unsaturated/α-hetero) is 1. The molecule has 36 heavy (non-hydrogen) atoms. The molecule has 9 heteroatoms. The fourth-order valence-electron chi connectivity index (χ4n) is 4.60. The van der Waals surface area contributed by atoms with Crippen molar-refractivity contribution in [2.24, 2.45) is 0 Å². The Hall–Kier alpha value is -3.43. The summed E-state index contributed by atoms with van der Waals surface area (Å²) in [6.07, 6.45) is 1.10. The van der Waals surface area contributed by atoms with Crippen molar-refractivity contribution in [2.45, 2.75) is 57.3 Å². The second-order valence-corrected chi connectivity index (χ2v) is 8.60. The van der Waals surface area contributed by atoms with Crippen LogP contribution in [-0.4, -0.2) is 55.7 Å². The lowest BCUT2D eigenvalue weighted by Crippen LogP contribution is -2.69. The van der Waals surface area contributed by atoms with Crippen LogP contribution in [-0.2, 0) is 37.6 Å². The van der Waals surface area contributed by atoms with Crippen LogP contribution in [0.2, 0.25) is 0 Å². The summed E-state index contributed by atoms with van der Waals surface area (Å²) >= 11 is 0. The van der Waals surface area contributed by atoms with Crippen LogP contribution in [0.4, 0.5) is 0 Å². The normalized spacial score (nSPS) is 19.6. The van der Waals surface area contributed by atoms with Gasteiger partial charge in [0.05, 0.1) is 20.8 Å². The summed E-state index contributed by atoms with van der Waals surface area (Å²) < 4.78 is 16.2. The maximum absolute atomic E-state index is 13.6. The molecule has 0 aliphatic carbocycles. The monoisotopic (exact) mass is 498 g/mol. The van der Waals surface area contributed by atoms with E-state index < -0.39 is 29.7 Å². The number of aliphatic carboxylic acids is 1. The largest absolute Gasteiger partial charge is 0.493 e. The average Bonchev–Trinajstić information content (AvgIpc) is 2.89. The summed E-state index contributed by atoms with van der Waals surface area (Å²) in [4.78, 5) is 38.8. The average molecular weight is 499 g/mol. The molecule has 0 spiro atoms. The van der Waals surface area contributed by atoms with Gasteiger partial charge in [-0.05, 0) is 49.4 Å². The second-order valence-electron chi connectivity index (χ2n) is 8.60. The lowest BCUT2D eigenvalue weighted by molar-refractivity contribution is -0.148. The number of ether oxygens (including phenoxy) is 3. The number of hydrogen-bond acceptors (Lipinski definition) is 8. The lowest BCUT2D eigenvalue weighted by Gasteiger charge is -2.44. The van der Waals surface area contributed by atoms with Crippen molar-refractivity contribution in [2.75, 3.05) is 20.8 Å². The van der Waals surface area contributed by atoms with Crippen LogP contribution in [0.5, 0.6) is 11.5 Å². The van der Waals surface area contributed by atoms with Gasteiger partial charge in [0.25, 0.3) is 0 Å². The minimum atomic E-state index is -1.65. The van der Waals surface area contributed by atoms with Crippen molar-refractivity contribution in [3.63, 3.8) is 0 Å². The van der Waals surface area contributed by atoms with E-state index in [1.807, 2.05) is 30.3 Å². The van der Waals surface area contributed by atoms with Crippen LogP contribution in [0, 0.1) is 0 Å². The summed E-state index contributed by atoms with van der Waals surface area (Å²) in [5.41, 5.74) is 0.479. The summed E-state index contributed by atoms with van der Waals surface area (Å²) in [5.74, 6) is -1.12. The highest BCUT2D eigenvalue weighted by Gasteiger charge is 2.49. The molecule has 2 aromatic carbocycles. The predicted octanol–water partition coefficient (Wildman–Crippen LogP) is 2.59. The summed E-state index contributed by atoms with van der Waals surface area (Å²) in [7, 11) is 2.97. The van der Waals surface area contributed by atoms with Gasteiger partial charge in [0.2, 0.25) is 0 Å². The van der Waals surface area contributed by atoms with Gasteiger partial charge in [0.1, 0.15) is 12.1 Å². The van der Waals surface area contributed by atoms with E-state index in [4.69, 9.17) is 14.2 Å². The molecule has 0 aromatic heterocycles. The zero-order valence-corrected chi connectivity index (χ0v) is 21.1. The minimum absolute atomic E-state index is 0.0916. The van der Waals surface area contributed by atoms with Crippen LogP contribution in [0.3, 0.4) is 0 Å². The van der Waals surface area contributed by atoms with Crippen molar-refractivity contribution in [3.8, 4) is 11.5 Å². The van der Waals surface area contributed by atoms with Gasteiger partial charge in [0, 0.05) is 12.0 Å². The second kappa shape index (κ2) is 12.0. The van der Waals surface area contributed by atoms with Crippen LogP contribution < -0.4 is 20.1 Å². The number of carboxylic acids is 1. The Labute approximate surface area is 211 Å². The van der Waals surface area contributed by atoms with Crippen molar-refractivity contribution >= 4 is 17.7 Å². The van der Waals surface area contributed by atoms with E-state index in [1.165, 1.54) is 14.2 Å². The molecule has 1 aliphatic heterocycles. The van der Waals surface area contributed by atoms with Crippen molar-refractivity contribution < 1.29 is 33.7 Å². The SMILES string of the molecule is CCOC(=O)C(CCc1ccccc1)NC1(C(=O)CC)NC(C(=O)O)Cc2cc(OC)c(OC)cc21. The molecule has 3 rings (SSSR count). The standard InChI is InChI=1S/C27H34N2O7/c1-5-24(30)27(28-20(26(33)36-6-2)13-12-17-10-8-7-9-11-17)19-16-23(35-4)22(34-3)15-18(19)14-21(29-27)25(31)32/h7-11,15-16,20-21,28-29H,5-6,12-14H2,1-4H3,(H,31,32). The number of esters is 1. The number of benzene rings is 2. The molecule has 0 saturated carbocycles. The molecular formula is C27H34N2O7. The van der Waals surface area contributed by atoms with Gasteiger partial charge in [-0.15, -0.1) is 0 Å². The number of nitrogens with one attached hydrogen (secondary N) is 2. The van der Waals surface area contributed by atoms with E-state index in [0.29, 0.717) is 35.5 Å². The molecule has 3 unspecified atom stereocenters. The van der Waals surface area contributed by atoms with Gasteiger partial charge in [-0.2, -0.15) is 0 Å². The Morgan fingerprint density at radius 3 is 2.36 bits per heavy atom. The Morgan fingerprint density at radius 1 is 1.11 bits per heavy atom. The highest BCUT2D eigenvalue weighted by Crippen LogP contribution is 2.39. The molecule has 3 N–H and O–H groups in total. The third-order valence-corrected chi connectivity index (χ3v) is 6.39. The first-order valence-corrected chi connectivity index (χ1v) is 12.1. The van der Waals surface area contributed by atoms with Gasteiger partial charge in [-0.3, -0.25) is 25.0 Å². The number of fused-ring (bicyclic) bond motifs is 1. The molecule has 194 valence electrons. The third-order valence-electron chi connectivity index (χ3n) is 6.39. The maximum atomic E-state index is 13.6. The van der Waals surface area contributed by atoms with Gasteiger partial charge in [-0.25, -0.2) is 0 Å². The van der Waals surface area contributed by atoms with E-state index in [0.717, 1.165) is 5.56 Å². The number of methoxy groups -OCH3 is 2. The zero-order valence-electron chi connectivity index (χ0n) is 21.1. The smallest absolute Gasteiger partial charge is 0.323 e. The van der Waals surface area contributed by atoms with E-state index >= 15 is 0 Å². The lowest BCUT2D eigenvalue weighted by atomic mass is 9.81. The molecule has 1 heterocycles. The number of aryl methyl sites for hydroxylation is 1. The first kappa shape index (κ1) is 27.2. The Kier molecular flexibility index (Phi) is 9.06. The predicted molar refractivity (Wildman–Crippen MR) is 133 cm³/mol. The van der Waals surface area contributed by atoms with Crippen LogP contribution in [0.15, 0.2) is 42.5 Å². The number of carbonyl (C=O) groups is 3. The molecule has 0 amide bonds. The molecular weight excluding hydrogens is 464 g/mol. The molecule has 0 saturated heterocycles. The number of hydrogen-bond donors (Lipinski definition) is 3. The quantitative estimate of drug-likeness (QED) is 0.379. The molecule has 9 nitrogen and oxygen atoms in total. The Balaban J connectivity index is 2.12. The van der Waals surface area contributed by atoms with Crippen molar-refractivity contribution in [1.29, 1.82) is 0 Å². The molecule has 1 aliphatic rings. The first-order valence-electron chi connectivity index (χ1n) is 12.1. The van der Waals surface area contributed by atoms with Crippen molar-refractivity contribution in [1.82, 2.24) is 10.6 Å². The molecule has 3 atom stereocenters. The number of carbonyl (C=O) groups excluding carboxylic acids is 2. The van der Waals surface area contributed by atoms with E-state index in [-0.39, 0.29) is 25.2 Å². The number of rotatable bonds is 12. The highest BCUT2D eigenvalue weighted by molar-refractivity contribution is 5.92. The Morgan fingerprint density at radius 2 is 1.78 bits per heavy atom. The number of ketones is 1. The van der Waals surface area contributed by atoms with Crippen molar-refractivity contribution in [3.05, 3.63) is 59.2 Å². The van der Waals surface area contributed by atoms with Crippen LogP contribution in [0.25, 0.3) is 0 Å². The van der Waals surface area contributed by atoms with E-state index in [2.05, 4.69) is 10.6 Å². The fraction of sp³-hybridized carbons (Fsp3) is 0.444. The Bertz CT molecular complexity index is 1090. The molecule has 0 bridgehead atoms. The summed E-state index contributed by atoms with van der Waals surface area (Å²) in [6, 6.07) is 11.1. The zero-order chi connectivity index (χ0) is 26.3. The van der Waals surface area contributed by atoms with Gasteiger partial charge < -0.3 is 19.3 Å². The maximum Gasteiger partial charge on any atom is 0.323 e. The summed E-state index contributed by atoms with van der Waals surface area (Å²) in [5, 5.41) is 16.1. The van der Waals surface area contributed by atoms with Crippen LogP contribution >= 0.6 is 0 Å². The third kappa shape index (κ3) is 5.68. The van der Waals surface area contributed by atoms with Gasteiger partial charge in [-0.1, -0.05) is 37.3 Å². The van der Waals surface area contributed by atoms with Crippen LogP contribution in [0.1, 0.15) is 43.4 Å². The molecule has 0 radical (unpaired) electrons. The van der Waals surface area contributed by atoms with Gasteiger partial charge >= 0.3 is 11.9 Å². The minimum Gasteiger partial charge on any atom is -0.493 e. The topological polar surface area (TPSA) is 123 Å². The van der Waals surface area contributed by atoms with E-state index in [1.54, 1.807) is 26.0 Å². The molecule has 2 aromatic rings. The summed E-state index contributed by atoms with van der Waals surface area (Å²) in [6.45, 7) is 3.58.